The summed E-state index contributed by atoms with van der Waals surface area (Å²) in [6.07, 6.45) is -3.55. The van der Waals surface area contributed by atoms with Gasteiger partial charge in [-0.2, -0.15) is 13.2 Å². The van der Waals surface area contributed by atoms with Gasteiger partial charge in [0.15, 0.2) is 0 Å². The molecule has 0 fully saturated rings. The lowest BCUT2D eigenvalue weighted by Crippen LogP contribution is -2.42. The van der Waals surface area contributed by atoms with Crippen LogP contribution in [0.1, 0.15) is 43.7 Å². The van der Waals surface area contributed by atoms with Crippen molar-refractivity contribution in [1.82, 2.24) is 15.2 Å². The molecule has 0 radical (unpaired) electrons. The first-order valence-electron chi connectivity index (χ1n) is 7.20. The van der Waals surface area contributed by atoms with Crippen LogP contribution in [0, 0.1) is 0 Å². The maximum Gasteiger partial charge on any atom is 0.433 e. The maximum absolute atomic E-state index is 12.4. The third-order valence-corrected chi connectivity index (χ3v) is 3.30. The van der Waals surface area contributed by atoms with Gasteiger partial charge < -0.3 is 5.32 Å². The molecule has 1 rings (SSSR count). The number of amides is 1. The fourth-order valence-corrected chi connectivity index (χ4v) is 2.21. The Morgan fingerprint density at radius 3 is 2.23 bits per heavy atom. The highest BCUT2D eigenvalue weighted by atomic mass is 19.4. The molecule has 0 saturated carbocycles. The zero-order valence-electron chi connectivity index (χ0n) is 13.2. The summed E-state index contributed by atoms with van der Waals surface area (Å²) >= 11 is 0. The third kappa shape index (κ3) is 5.29. The molecule has 7 heteroatoms. The van der Waals surface area contributed by atoms with Crippen LogP contribution in [0.4, 0.5) is 13.2 Å². The highest BCUT2D eigenvalue weighted by Crippen LogP contribution is 2.27. The van der Waals surface area contributed by atoms with E-state index in [0.29, 0.717) is 25.2 Å². The van der Waals surface area contributed by atoms with Crippen molar-refractivity contribution in [1.29, 1.82) is 0 Å². The number of hydrogen-bond donors (Lipinski definition) is 1. The second-order valence-corrected chi connectivity index (χ2v) is 5.61. The molecule has 1 aromatic rings. The highest BCUT2D eigenvalue weighted by Gasteiger charge is 2.32. The summed E-state index contributed by atoms with van der Waals surface area (Å²) in [5, 5.41) is 2.70. The van der Waals surface area contributed by atoms with E-state index in [-0.39, 0.29) is 5.56 Å². The molecule has 22 heavy (non-hydrogen) atoms. The fourth-order valence-electron chi connectivity index (χ4n) is 2.21. The van der Waals surface area contributed by atoms with Gasteiger partial charge in [0.2, 0.25) is 0 Å². The Morgan fingerprint density at radius 2 is 1.82 bits per heavy atom. The van der Waals surface area contributed by atoms with E-state index in [0.717, 1.165) is 18.3 Å². The summed E-state index contributed by atoms with van der Waals surface area (Å²) in [7, 11) is 0. The number of carbonyl (C=O) groups excluding carboxylic acids is 1. The van der Waals surface area contributed by atoms with Crippen molar-refractivity contribution in [3.8, 4) is 0 Å². The number of nitrogens with zero attached hydrogens (tertiary/aromatic N) is 2. The van der Waals surface area contributed by atoms with Crippen LogP contribution in [0.2, 0.25) is 0 Å². The van der Waals surface area contributed by atoms with Crippen LogP contribution in [0.5, 0.6) is 0 Å². The number of rotatable bonds is 6. The van der Waals surface area contributed by atoms with Crippen molar-refractivity contribution in [2.75, 3.05) is 13.1 Å². The van der Waals surface area contributed by atoms with Gasteiger partial charge in [0, 0.05) is 31.4 Å². The molecular weight excluding hydrogens is 295 g/mol. The zero-order chi connectivity index (χ0) is 16.9. The lowest BCUT2D eigenvalue weighted by Gasteiger charge is -2.30. The summed E-state index contributed by atoms with van der Waals surface area (Å²) < 4.78 is 37.2. The quantitative estimate of drug-likeness (QED) is 0.877. The molecule has 0 unspecified atom stereocenters. The molecule has 0 saturated heterocycles. The van der Waals surface area contributed by atoms with E-state index in [1.807, 2.05) is 0 Å². The molecule has 0 aliphatic carbocycles. The molecule has 1 N–H and O–H groups in total. The van der Waals surface area contributed by atoms with Gasteiger partial charge in [-0.3, -0.25) is 14.7 Å². The molecule has 0 aliphatic rings. The Bertz CT molecular complexity index is 476. The lowest BCUT2D eigenvalue weighted by atomic mass is 10.2. The van der Waals surface area contributed by atoms with E-state index in [4.69, 9.17) is 0 Å². The molecule has 0 aromatic carbocycles. The minimum atomic E-state index is -4.50. The standard InChI is InChI=1S/C15H22F3N3O/c1-10(2)21(11(3)4)8-7-19-14(22)12-5-6-13(20-9-12)15(16,17)18/h5-6,9-11H,7-8H2,1-4H3,(H,19,22). The van der Waals surface area contributed by atoms with E-state index in [1.165, 1.54) is 0 Å². The number of hydrogen-bond acceptors (Lipinski definition) is 3. The smallest absolute Gasteiger partial charge is 0.351 e. The molecule has 1 aromatic heterocycles. The number of aromatic nitrogens is 1. The Labute approximate surface area is 128 Å². The zero-order valence-corrected chi connectivity index (χ0v) is 13.2. The van der Waals surface area contributed by atoms with E-state index in [9.17, 15) is 18.0 Å². The molecule has 0 spiro atoms. The largest absolute Gasteiger partial charge is 0.433 e. The molecule has 1 heterocycles. The van der Waals surface area contributed by atoms with Crippen molar-refractivity contribution in [2.24, 2.45) is 0 Å². The molecule has 1 amide bonds. The van der Waals surface area contributed by atoms with Crippen LogP contribution in [0.25, 0.3) is 0 Å². The fraction of sp³-hybridized carbons (Fsp3) is 0.600. The molecule has 0 bridgehead atoms. The monoisotopic (exact) mass is 317 g/mol. The predicted molar refractivity (Wildman–Crippen MR) is 78.6 cm³/mol. The highest BCUT2D eigenvalue weighted by molar-refractivity contribution is 5.93. The minimum absolute atomic E-state index is 0.119. The van der Waals surface area contributed by atoms with Crippen LogP contribution in [-0.4, -0.2) is 41.0 Å². The first-order chi connectivity index (χ1) is 10.1. The molecule has 124 valence electrons. The van der Waals surface area contributed by atoms with Crippen LogP contribution >= 0.6 is 0 Å². The van der Waals surface area contributed by atoms with E-state index < -0.39 is 17.8 Å². The molecule has 0 aliphatic heterocycles. The van der Waals surface area contributed by atoms with Crippen molar-refractivity contribution in [3.63, 3.8) is 0 Å². The van der Waals surface area contributed by atoms with Gasteiger partial charge in [0.05, 0.1) is 5.56 Å². The van der Waals surface area contributed by atoms with Crippen LogP contribution < -0.4 is 5.32 Å². The van der Waals surface area contributed by atoms with Crippen LogP contribution in [0.15, 0.2) is 18.3 Å². The summed E-state index contributed by atoms with van der Waals surface area (Å²) in [6.45, 7) is 9.39. The van der Waals surface area contributed by atoms with Gasteiger partial charge in [-0.15, -0.1) is 0 Å². The van der Waals surface area contributed by atoms with Crippen molar-refractivity contribution in [2.45, 2.75) is 46.0 Å². The Morgan fingerprint density at radius 1 is 1.23 bits per heavy atom. The van der Waals surface area contributed by atoms with Gasteiger partial charge >= 0.3 is 6.18 Å². The van der Waals surface area contributed by atoms with Gasteiger partial charge in [0.1, 0.15) is 5.69 Å². The van der Waals surface area contributed by atoms with Gasteiger partial charge in [0.25, 0.3) is 5.91 Å². The van der Waals surface area contributed by atoms with E-state index >= 15 is 0 Å². The van der Waals surface area contributed by atoms with Crippen molar-refractivity contribution in [3.05, 3.63) is 29.6 Å². The maximum atomic E-state index is 12.4. The summed E-state index contributed by atoms with van der Waals surface area (Å²) in [5.41, 5.74) is -0.886. The summed E-state index contributed by atoms with van der Waals surface area (Å²) in [5.74, 6) is -0.423. The average Bonchev–Trinajstić information content (AvgIpc) is 2.41. The number of alkyl halides is 3. The first kappa shape index (κ1) is 18.4. The Hall–Kier alpha value is -1.63. The molecular formula is C15H22F3N3O. The summed E-state index contributed by atoms with van der Waals surface area (Å²) in [4.78, 5) is 17.4. The molecule has 0 atom stereocenters. The normalized spacial score (nSPS) is 12.3. The SMILES string of the molecule is CC(C)N(CCNC(=O)c1ccc(C(F)(F)F)nc1)C(C)C. The lowest BCUT2D eigenvalue weighted by molar-refractivity contribution is -0.141. The number of nitrogens with one attached hydrogen (secondary N) is 1. The average molecular weight is 317 g/mol. The molecule has 4 nitrogen and oxygen atoms in total. The summed E-state index contributed by atoms with van der Waals surface area (Å²) in [6, 6.07) is 2.64. The Balaban J connectivity index is 2.56. The van der Waals surface area contributed by atoms with Gasteiger partial charge in [-0.1, -0.05) is 0 Å². The predicted octanol–water partition coefficient (Wildman–Crippen LogP) is 2.95. The van der Waals surface area contributed by atoms with Crippen LogP contribution in [0.3, 0.4) is 0 Å². The minimum Gasteiger partial charge on any atom is -0.351 e. The van der Waals surface area contributed by atoms with Crippen molar-refractivity contribution >= 4 is 5.91 Å². The second kappa shape index (κ2) is 7.58. The number of pyridine rings is 1. The number of carbonyl (C=O) groups is 1. The topological polar surface area (TPSA) is 45.2 Å². The second-order valence-electron chi connectivity index (χ2n) is 5.61. The number of halogens is 3. The van der Waals surface area contributed by atoms with Gasteiger partial charge in [-0.05, 0) is 39.8 Å². The van der Waals surface area contributed by atoms with Crippen molar-refractivity contribution < 1.29 is 18.0 Å². The van der Waals surface area contributed by atoms with E-state index in [1.54, 1.807) is 0 Å². The Kier molecular flexibility index (Phi) is 6.34. The van der Waals surface area contributed by atoms with E-state index in [2.05, 4.69) is 42.9 Å². The van der Waals surface area contributed by atoms with Crippen LogP contribution in [-0.2, 0) is 6.18 Å². The van der Waals surface area contributed by atoms with Gasteiger partial charge in [-0.25, -0.2) is 0 Å². The third-order valence-electron chi connectivity index (χ3n) is 3.30. The first-order valence-corrected chi connectivity index (χ1v) is 7.20.